The van der Waals surface area contributed by atoms with Gasteiger partial charge in [-0.3, -0.25) is 0 Å². The van der Waals surface area contributed by atoms with E-state index in [1.54, 1.807) is 0 Å². The lowest BCUT2D eigenvalue weighted by Crippen LogP contribution is -2.47. The van der Waals surface area contributed by atoms with E-state index in [1.165, 1.54) is 0 Å². The third-order valence-corrected chi connectivity index (χ3v) is 4.65. The summed E-state index contributed by atoms with van der Waals surface area (Å²) in [6.45, 7) is 9.34. The highest BCUT2D eigenvalue weighted by Gasteiger charge is 2.29. The molecule has 2 heterocycles. The van der Waals surface area contributed by atoms with Gasteiger partial charge in [0.2, 0.25) is 0 Å². The maximum atomic E-state index is 9.92. The lowest BCUT2D eigenvalue weighted by Gasteiger charge is -2.38. The molecule has 0 bridgehead atoms. The Labute approximate surface area is 103 Å². The second-order valence-corrected chi connectivity index (χ2v) is 7.05. The molecule has 2 saturated heterocycles. The maximum Gasteiger partial charge on any atom is 0.0624 e. The summed E-state index contributed by atoms with van der Waals surface area (Å²) in [4.78, 5) is 2.49. The zero-order valence-corrected chi connectivity index (χ0v) is 11.1. The van der Waals surface area contributed by atoms with Crippen molar-refractivity contribution in [3.05, 3.63) is 0 Å². The number of nitrogens with zero attached hydrogens (tertiary/aromatic N) is 1. The van der Waals surface area contributed by atoms with Crippen LogP contribution >= 0.6 is 11.8 Å². The molecular formula is C12H23NO2S. The lowest BCUT2D eigenvalue weighted by molar-refractivity contribution is -0.0466. The van der Waals surface area contributed by atoms with Crippen molar-refractivity contribution in [1.29, 1.82) is 0 Å². The quantitative estimate of drug-likeness (QED) is 0.793. The van der Waals surface area contributed by atoms with Crippen LogP contribution in [-0.4, -0.2) is 59.5 Å². The second-order valence-electron chi connectivity index (χ2n) is 5.17. The average molecular weight is 245 g/mol. The zero-order chi connectivity index (χ0) is 11.5. The number of hydrogen-bond acceptors (Lipinski definition) is 4. The van der Waals surface area contributed by atoms with Crippen molar-refractivity contribution in [1.82, 2.24) is 4.90 Å². The number of hydrogen-bond donors (Lipinski definition) is 1. The summed E-state index contributed by atoms with van der Waals surface area (Å²) in [7, 11) is 0. The van der Waals surface area contributed by atoms with Crippen LogP contribution in [0.15, 0.2) is 0 Å². The van der Waals surface area contributed by atoms with E-state index < -0.39 is 0 Å². The van der Waals surface area contributed by atoms with Gasteiger partial charge in [-0.05, 0) is 6.42 Å². The lowest BCUT2D eigenvalue weighted by atomic mass is 9.98. The molecule has 2 aliphatic heterocycles. The van der Waals surface area contributed by atoms with E-state index in [9.17, 15) is 5.11 Å². The van der Waals surface area contributed by atoms with Gasteiger partial charge in [0.25, 0.3) is 0 Å². The van der Waals surface area contributed by atoms with Crippen molar-refractivity contribution in [3.63, 3.8) is 0 Å². The summed E-state index contributed by atoms with van der Waals surface area (Å²) in [5.41, 5.74) is 0. The Morgan fingerprint density at radius 3 is 2.62 bits per heavy atom. The molecule has 94 valence electrons. The van der Waals surface area contributed by atoms with Crippen LogP contribution in [0.2, 0.25) is 0 Å². The molecule has 4 unspecified atom stereocenters. The molecule has 0 aromatic rings. The molecule has 3 nitrogen and oxygen atoms in total. The van der Waals surface area contributed by atoms with E-state index in [1.807, 2.05) is 0 Å². The standard InChI is InChI=1S/C12H23NO2S/c1-9-5-13(6-10(2)16-9)7-11-8-15-4-3-12(11)14/h9-12,14H,3-8H2,1-2H3. The van der Waals surface area contributed by atoms with Crippen LogP contribution < -0.4 is 0 Å². The van der Waals surface area contributed by atoms with Gasteiger partial charge in [-0.25, -0.2) is 0 Å². The van der Waals surface area contributed by atoms with Crippen LogP contribution in [0.25, 0.3) is 0 Å². The molecule has 2 rings (SSSR count). The summed E-state index contributed by atoms with van der Waals surface area (Å²) < 4.78 is 5.46. The monoisotopic (exact) mass is 245 g/mol. The predicted molar refractivity (Wildman–Crippen MR) is 67.9 cm³/mol. The first-order valence-corrected chi connectivity index (χ1v) is 7.23. The largest absolute Gasteiger partial charge is 0.393 e. The highest BCUT2D eigenvalue weighted by Crippen LogP contribution is 2.26. The Kier molecular flexibility index (Phi) is 4.53. The summed E-state index contributed by atoms with van der Waals surface area (Å²) in [5, 5.41) is 11.3. The van der Waals surface area contributed by atoms with E-state index in [0.29, 0.717) is 16.4 Å². The van der Waals surface area contributed by atoms with Crippen molar-refractivity contribution < 1.29 is 9.84 Å². The minimum atomic E-state index is -0.158. The van der Waals surface area contributed by atoms with Gasteiger partial charge in [0.1, 0.15) is 0 Å². The van der Waals surface area contributed by atoms with E-state index in [0.717, 1.165) is 39.3 Å². The summed E-state index contributed by atoms with van der Waals surface area (Å²) in [5.74, 6) is 0.316. The number of rotatable bonds is 2. The number of aliphatic hydroxyl groups is 1. The van der Waals surface area contributed by atoms with Crippen LogP contribution in [0, 0.1) is 5.92 Å². The van der Waals surface area contributed by atoms with Crippen LogP contribution in [0.5, 0.6) is 0 Å². The molecule has 1 N–H and O–H groups in total. The first-order chi connectivity index (χ1) is 7.65. The fraction of sp³-hybridized carbons (Fsp3) is 1.00. The summed E-state index contributed by atoms with van der Waals surface area (Å²) in [6.07, 6.45) is 0.646. The average Bonchev–Trinajstić information content (AvgIpc) is 2.20. The van der Waals surface area contributed by atoms with Crippen molar-refractivity contribution >= 4 is 11.8 Å². The molecule has 0 spiro atoms. The first kappa shape index (κ1) is 12.7. The van der Waals surface area contributed by atoms with Crippen molar-refractivity contribution in [2.24, 2.45) is 5.92 Å². The number of ether oxygens (including phenoxy) is 1. The Bertz CT molecular complexity index is 217. The topological polar surface area (TPSA) is 32.7 Å². The molecule has 2 aliphatic rings. The van der Waals surface area contributed by atoms with Crippen LogP contribution in [0.1, 0.15) is 20.3 Å². The molecule has 2 fully saturated rings. The molecule has 4 atom stereocenters. The summed E-state index contributed by atoms with van der Waals surface area (Å²) in [6, 6.07) is 0. The zero-order valence-electron chi connectivity index (χ0n) is 10.3. The molecule has 16 heavy (non-hydrogen) atoms. The second kappa shape index (κ2) is 5.71. The van der Waals surface area contributed by atoms with E-state index >= 15 is 0 Å². The third-order valence-electron chi connectivity index (χ3n) is 3.42. The van der Waals surface area contributed by atoms with E-state index in [-0.39, 0.29) is 6.10 Å². The van der Waals surface area contributed by atoms with Gasteiger partial charge in [-0.15, -0.1) is 0 Å². The maximum absolute atomic E-state index is 9.92. The van der Waals surface area contributed by atoms with Crippen molar-refractivity contribution in [2.75, 3.05) is 32.8 Å². The summed E-state index contributed by atoms with van der Waals surface area (Å²) >= 11 is 2.07. The van der Waals surface area contributed by atoms with Crippen LogP contribution in [-0.2, 0) is 4.74 Å². The minimum absolute atomic E-state index is 0.158. The highest BCUT2D eigenvalue weighted by molar-refractivity contribution is 8.00. The van der Waals surface area contributed by atoms with Crippen molar-refractivity contribution in [2.45, 2.75) is 36.9 Å². The molecule has 4 heteroatoms. The molecule has 0 saturated carbocycles. The Morgan fingerprint density at radius 2 is 2.00 bits per heavy atom. The van der Waals surface area contributed by atoms with Gasteiger partial charge in [-0.1, -0.05) is 13.8 Å². The fourth-order valence-corrected chi connectivity index (χ4v) is 4.11. The Morgan fingerprint density at radius 1 is 1.31 bits per heavy atom. The van der Waals surface area contributed by atoms with Gasteiger partial charge < -0.3 is 14.7 Å². The van der Waals surface area contributed by atoms with Gasteiger partial charge in [0.15, 0.2) is 0 Å². The molecule has 0 radical (unpaired) electrons. The number of aliphatic hydroxyl groups excluding tert-OH is 1. The highest BCUT2D eigenvalue weighted by atomic mass is 32.2. The van der Waals surface area contributed by atoms with Crippen molar-refractivity contribution in [3.8, 4) is 0 Å². The van der Waals surface area contributed by atoms with Gasteiger partial charge >= 0.3 is 0 Å². The van der Waals surface area contributed by atoms with E-state index in [2.05, 4.69) is 30.5 Å². The molecule has 0 aliphatic carbocycles. The first-order valence-electron chi connectivity index (χ1n) is 6.28. The predicted octanol–water partition coefficient (Wildman–Crippen LogP) is 1.21. The van der Waals surface area contributed by atoms with E-state index in [4.69, 9.17) is 4.74 Å². The number of thioether (sulfide) groups is 1. The minimum Gasteiger partial charge on any atom is -0.393 e. The Hall–Kier alpha value is 0.230. The third kappa shape index (κ3) is 3.36. The fourth-order valence-electron chi connectivity index (χ4n) is 2.73. The molecular weight excluding hydrogens is 222 g/mol. The normalized spacial score (nSPS) is 42.2. The SMILES string of the molecule is CC1CN(CC2COCCC2O)CC(C)S1. The van der Waals surface area contributed by atoms with Gasteiger partial charge in [0, 0.05) is 42.7 Å². The van der Waals surface area contributed by atoms with Crippen LogP contribution in [0.4, 0.5) is 0 Å². The molecule has 0 aromatic heterocycles. The van der Waals surface area contributed by atoms with Gasteiger partial charge in [0.05, 0.1) is 12.7 Å². The van der Waals surface area contributed by atoms with Crippen LogP contribution in [0.3, 0.4) is 0 Å². The van der Waals surface area contributed by atoms with Gasteiger partial charge in [-0.2, -0.15) is 11.8 Å². The smallest absolute Gasteiger partial charge is 0.0624 e. The molecule has 0 aromatic carbocycles. The molecule has 0 amide bonds. The Balaban J connectivity index is 1.83.